The van der Waals surface area contributed by atoms with Crippen LogP contribution in [0.15, 0.2) is 85.7 Å². The lowest BCUT2D eigenvalue weighted by atomic mass is 10.1. The monoisotopic (exact) mass is 344 g/mol. The summed E-state index contributed by atoms with van der Waals surface area (Å²) in [4.78, 5) is 8.81. The van der Waals surface area contributed by atoms with Crippen molar-refractivity contribution in [3.05, 3.63) is 91.3 Å². The van der Waals surface area contributed by atoms with Crippen LogP contribution in [0.25, 0.3) is 11.4 Å². The largest absolute Gasteiger partial charge is 0.496 e. The molecular weight excluding hydrogens is 324 g/mol. The van der Waals surface area contributed by atoms with Crippen molar-refractivity contribution in [2.45, 2.75) is 12.6 Å². The molecule has 26 heavy (non-hydrogen) atoms. The summed E-state index contributed by atoms with van der Waals surface area (Å²) in [6, 6.07) is 18.5. The van der Waals surface area contributed by atoms with Crippen molar-refractivity contribution in [3.8, 4) is 17.1 Å². The molecule has 0 amide bonds. The molecule has 4 aromatic rings. The van der Waals surface area contributed by atoms with Crippen LogP contribution in [0, 0.1) is 0 Å². The SMILES string of the molecule is COc1ccccc1-c1nccn1C(Cn1ccnc1)c1ccccc1. The van der Waals surface area contributed by atoms with Crippen LogP contribution in [-0.2, 0) is 6.54 Å². The van der Waals surface area contributed by atoms with Crippen LogP contribution in [0.4, 0.5) is 0 Å². The molecule has 0 saturated heterocycles. The van der Waals surface area contributed by atoms with E-state index in [0.717, 1.165) is 23.7 Å². The minimum absolute atomic E-state index is 0.0906. The van der Waals surface area contributed by atoms with Gasteiger partial charge in [0.05, 0.1) is 25.0 Å². The standard InChI is InChI=1S/C21H20N4O/c1-26-20-10-6-5-9-18(20)21-23-12-14-25(21)19(15-24-13-11-22-16-24)17-7-3-2-4-8-17/h2-14,16,19H,15H2,1H3. The molecule has 0 spiro atoms. The maximum absolute atomic E-state index is 5.55. The molecule has 0 saturated carbocycles. The molecule has 0 aliphatic heterocycles. The molecule has 0 fully saturated rings. The van der Waals surface area contributed by atoms with Crippen molar-refractivity contribution in [1.29, 1.82) is 0 Å². The zero-order valence-corrected chi connectivity index (χ0v) is 14.6. The summed E-state index contributed by atoms with van der Waals surface area (Å²) in [7, 11) is 1.69. The van der Waals surface area contributed by atoms with Crippen molar-refractivity contribution in [1.82, 2.24) is 19.1 Å². The molecule has 0 aliphatic rings. The number of imidazole rings is 2. The third kappa shape index (κ3) is 3.11. The summed E-state index contributed by atoms with van der Waals surface area (Å²) >= 11 is 0. The third-order valence-corrected chi connectivity index (χ3v) is 4.48. The quantitative estimate of drug-likeness (QED) is 0.530. The molecule has 1 atom stereocenters. The van der Waals surface area contributed by atoms with E-state index in [1.165, 1.54) is 5.56 Å². The van der Waals surface area contributed by atoms with Gasteiger partial charge >= 0.3 is 0 Å². The van der Waals surface area contributed by atoms with Gasteiger partial charge in [-0.2, -0.15) is 0 Å². The molecule has 4 rings (SSSR count). The van der Waals surface area contributed by atoms with E-state index in [4.69, 9.17) is 4.74 Å². The lowest BCUT2D eigenvalue weighted by Gasteiger charge is -2.22. The highest BCUT2D eigenvalue weighted by Gasteiger charge is 2.20. The normalized spacial score (nSPS) is 12.0. The number of methoxy groups -OCH3 is 1. The number of benzene rings is 2. The minimum Gasteiger partial charge on any atom is -0.496 e. The molecule has 2 aromatic heterocycles. The maximum atomic E-state index is 5.55. The van der Waals surface area contributed by atoms with Gasteiger partial charge in [-0.1, -0.05) is 42.5 Å². The van der Waals surface area contributed by atoms with E-state index in [0.29, 0.717) is 0 Å². The molecule has 0 N–H and O–H groups in total. The number of hydrogen-bond acceptors (Lipinski definition) is 3. The van der Waals surface area contributed by atoms with E-state index >= 15 is 0 Å². The number of rotatable bonds is 6. The zero-order valence-electron chi connectivity index (χ0n) is 14.6. The Balaban J connectivity index is 1.81. The maximum Gasteiger partial charge on any atom is 0.144 e. The molecule has 0 bridgehead atoms. The van der Waals surface area contributed by atoms with E-state index in [1.807, 2.05) is 55.2 Å². The summed E-state index contributed by atoms with van der Waals surface area (Å²) in [5, 5.41) is 0. The number of hydrogen-bond donors (Lipinski definition) is 0. The fraction of sp³-hybridized carbons (Fsp3) is 0.143. The van der Waals surface area contributed by atoms with Gasteiger partial charge in [0.1, 0.15) is 11.6 Å². The van der Waals surface area contributed by atoms with Gasteiger partial charge in [0, 0.05) is 31.3 Å². The highest BCUT2D eigenvalue weighted by molar-refractivity contribution is 5.64. The van der Waals surface area contributed by atoms with Gasteiger partial charge in [0.25, 0.3) is 0 Å². The Labute approximate surface area is 152 Å². The highest BCUT2D eigenvalue weighted by Crippen LogP contribution is 2.32. The van der Waals surface area contributed by atoms with Crippen LogP contribution in [-0.4, -0.2) is 26.2 Å². The molecule has 2 heterocycles. The number of para-hydroxylation sites is 1. The smallest absolute Gasteiger partial charge is 0.144 e. The van der Waals surface area contributed by atoms with Crippen LogP contribution in [0.2, 0.25) is 0 Å². The molecule has 0 radical (unpaired) electrons. The summed E-state index contributed by atoms with van der Waals surface area (Å²) in [6.07, 6.45) is 9.49. The molecule has 2 aromatic carbocycles. The lowest BCUT2D eigenvalue weighted by molar-refractivity contribution is 0.415. The second kappa shape index (κ2) is 7.27. The van der Waals surface area contributed by atoms with E-state index in [-0.39, 0.29) is 6.04 Å². The summed E-state index contributed by atoms with van der Waals surface area (Å²) < 4.78 is 9.84. The van der Waals surface area contributed by atoms with Gasteiger partial charge in [-0.05, 0) is 17.7 Å². The van der Waals surface area contributed by atoms with Crippen molar-refractivity contribution in [3.63, 3.8) is 0 Å². The van der Waals surface area contributed by atoms with E-state index < -0.39 is 0 Å². The van der Waals surface area contributed by atoms with Gasteiger partial charge in [-0.15, -0.1) is 0 Å². The van der Waals surface area contributed by atoms with E-state index in [9.17, 15) is 0 Å². The van der Waals surface area contributed by atoms with Crippen molar-refractivity contribution in [2.24, 2.45) is 0 Å². The Morgan fingerprint density at radius 3 is 2.54 bits per heavy atom. The second-order valence-corrected chi connectivity index (χ2v) is 6.04. The first kappa shape index (κ1) is 16.1. The Morgan fingerprint density at radius 2 is 1.77 bits per heavy atom. The van der Waals surface area contributed by atoms with Crippen molar-refractivity contribution >= 4 is 0 Å². The fourth-order valence-corrected chi connectivity index (χ4v) is 3.23. The minimum atomic E-state index is 0.0906. The van der Waals surface area contributed by atoms with E-state index in [1.54, 1.807) is 13.3 Å². The van der Waals surface area contributed by atoms with Gasteiger partial charge in [0.2, 0.25) is 0 Å². The molecular formula is C21H20N4O. The molecule has 0 aliphatic carbocycles. The highest BCUT2D eigenvalue weighted by atomic mass is 16.5. The van der Waals surface area contributed by atoms with Crippen molar-refractivity contribution < 1.29 is 4.74 Å². The number of ether oxygens (including phenoxy) is 1. The van der Waals surface area contributed by atoms with Crippen LogP contribution >= 0.6 is 0 Å². The van der Waals surface area contributed by atoms with Gasteiger partial charge in [-0.25, -0.2) is 9.97 Å². The van der Waals surface area contributed by atoms with Crippen LogP contribution in [0.1, 0.15) is 11.6 Å². The Hall–Kier alpha value is -3.34. The average Bonchev–Trinajstić information content (AvgIpc) is 3.38. The van der Waals surface area contributed by atoms with Gasteiger partial charge in [0.15, 0.2) is 0 Å². The van der Waals surface area contributed by atoms with Crippen LogP contribution in [0.3, 0.4) is 0 Å². The van der Waals surface area contributed by atoms with Crippen LogP contribution < -0.4 is 4.74 Å². The summed E-state index contributed by atoms with van der Waals surface area (Å²) in [5.74, 6) is 1.70. The topological polar surface area (TPSA) is 44.9 Å². The molecule has 130 valence electrons. The summed E-state index contributed by atoms with van der Waals surface area (Å²) in [6.45, 7) is 0.766. The van der Waals surface area contributed by atoms with Gasteiger partial charge < -0.3 is 13.9 Å². The number of aromatic nitrogens is 4. The Bertz CT molecular complexity index is 961. The fourth-order valence-electron chi connectivity index (χ4n) is 3.23. The first-order chi connectivity index (χ1) is 12.9. The first-order valence-corrected chi connectivity index (χ1v) is 8.53. The Kier molecular flexibility index (Phi) is 4.51. The predicted octanol–water partition coefficient (Wildman–Crippen LogP) is 4.04. The molecule has 1 unspecified atom stereocenters. The molecule has 5 nitrogen and oxygen atoms in total. The summed E-state index contributed by atoms with van der Waals surface area (Å²) in [5.41, 5.74) is 2.20. The van der Waals surface area contributed by atoms with Gasteiger partial charge in [-0.3, -0.25) is 0 Å². The Morgan fingerprint density at radius 1 is 0.962 bits per heavy atom. The lowest BCUT2D eigenvalue weighted by Crippen LogP contribution is -2.17. The predicted molar refractivity (Wildman–Crippen MR) is 101 cm³/mol. The van der Waals surface area contributed by atoms with E-state index in [2.05, 4.69) is 43.4 Å². The van der Waals surface area contributed by atoms with Crippen LogP contribution in [0.5, 0.6) is 5.75 Å². The number of nitrogens with zero attached hydrogens (tertiary/aromatic N) is 4. The van der Waals surface area contributed by atoms with Crippen molar-refractivity contribution in [2.75, 3.05) is 7.11 Å². The molecule has 5 heteroatoms. The third-order valence-electron chi connectivity index (χ3n) is 4.48. The first-order valence-electron chi connectivity index (χ1n) is 8.53. The second-order valence-electron chi connectivity index (χ2n) is 6.04. The average molecular weight is 344 g/mol. The zero-order chi connectivity index (χ0) is 17.8.